The van der Waals surface area contributed by atoms with E-state index >= 15 is 0 Å². The van der Waals surface area contributed by atoms with Gasteiger partial charge in [0.05, 0.1) is 11.5 Å². The Bertz CT molecular complexity index is 276. The lowest BCUT2D eigenvalue weighted by atomic mass is 9.65. The highest BCUT2D eigenvalue weighted by molar-refractivity contribution is 5.83. The van der Waals surface area contributed by atoms with Crippen LogP contribution in [0.25, 0.3) is 0 Å². The van der Waals surface area contributed by atoms with E-state index < -0.39 is 0 Å². The molecule has 1 unspecified atom stereocenters. The Morgan fingerprint density at radius 3 is 2.76 bits per heavy atom. The van der Waals surface area contributed by atoms with Gasteiger partial charge in [0, 0.05) is 26.8 Å². The first-order valence-electron chi connectivity index (χ1n) is 6.64. The van der Waals surface area contributed by atoms with Gasteiger partial charge in [-0.05, 0) is 32.1 Å². The monoisotopic (exact) mass is 241 g/mol. The van der Waals surface area contributed by atoms with E-state index in [-0.39, 0.29) is 17.4 Å². The summed E-state index contributed by atoms with van der Waals surface area (Å²) in [6.07, 6.45) is 5.37. The zero-order chi connectivity index (χ0) is 12.3. The summed E-state index contributed by atoms with van der Waals surface area (Å²) in [6, 6.07) is 0. The molecule has 0 radical (unpaired) electrons. The Morgan fingerprint density at radius 1 is 1.47 bits per heavy atom. The molecule has 1 amide bonds. The number of carbonyl (C=O) groups is 1. The maximum Gasteiger partial charge on any atom is 0.228 e. The molecule has 0 aromatic rings. The van der Waals surface area contributed by atoms with E-state index in [9.17, 15) is 9.90 Å². The minimum Gasteiger partial charge on any atom is -0.391 e. The van der Waals surface area contributed by atoms with Crippen LogP contribution < -0.4 is 0 Å². The van der Waals surface area contributed by atoms with Gasteiger partial charge in [-0.15, -0.1) is 0 Å². The summed E-state index contributed by atoms with van der Waals surface area (Å²) in [5.41, 5.74) is -0.174. The molecule has 17 heavy (non-hydrogen) atoms. The first kappa shape index (κ1) is 12.8. The lowest BCUT2D eigenvalue weighted by Gasteiger charge is -2.45. The number of piperidine rings is 1. The van der Waals surface area contributed by atoms with Gasteiger partial charge in [-0.2, -0.15) is 0 Å². The third-order valence-electron chi connectivity index (χ3n) is 4.23. The van der Waals surface area contributed by atoms with Crippen LogP contribution in [-0.4, -0.2) is 48.8 Å². The van der Waals surface area contributed by atoms with Crippen LogP contribution in [0.1, 0.15) is 38.5 Å². The van der Waals surface area contributed by atoms with E-state index in [1.54, 1.807) is 7.11 Å². The first-order chi connectivity index (χ1) is 8.18. The number of nitrogens with zero attached hydrogens (tertiary/aromatic N) is 1. The number of aliphatic hydroxyl groups excluding tert-OH is 1. The molecule has 1 atom stereocenters. The molecule has 1 aliphatic carbocycles. The number of ether oxygens (including phenoxy) is 1. The summed E-state index contributed by atoms with van der Waals surface area (Å²) in [4.78, 5) is 14.4. The summed E-state index contributed by atoms with van der Waals surface area (Å²) >= 11 is 0. The molecule has 0 bridgehead atoms. The third kappa shape index (κ3) is 2.63. The van der Waals surface area contributed by atoms with Crippen molar-refractivity contribution in [3.63, 3.8) is 0 Å². The van der Waals surface area contributed by atoms with Crippen LogP contribution in [0.3, 0.4) is 0 Å². The average Bonchev–Trinajstić information content (AvgIpc) is 2.27. The lowest BCUT2D eigenvalue weighted by molar-refractivity contribution is -0.152. The van der Waals surface area contributed by atoms with E-state index in [1.165, 1.54) is 0 Å². The number of rotatable bonds is 4. The molecule has 0 aromatic heterocycles. The second-order valence-electron chi connectivity index (χ2n) is 5.42. The summed E-state index contributed by atoms with van der Waals surface area (Å²) in [7, 11) is 1.68. The van der Waals surface area contributed by atoms with Gasteiger partial charge in [0.1, 0.15) is 0 Å². The molecule has 1 aliphatic heterocycles. The van der Waals surface area contributed by atoms with Crippen LogP contribution in [0.15, 0.2) is 0 Å². The Hall–Kier alpha value is -0.610. The fraction of sp³-hybridized carbons (Fsp3) is 0.923. The third-order valence-corrected chi connectivity index (χ3v) is 4.23. The van der Waals surface area contributed by atoms with Crippen molar-refractivity contribution in [1.29, 1.82) is 0 Å². The van der Waals surface area contributed by atoms with E-state index in [4.69, 9.17) is 4.74 Å². The molecule has 0 aromatic carbocycles. The maximum absolute atomic E-state index is 12.5. The van der Waals surface area contributed by atoms with Gasteiger partial charge in [-0.25, -0.2) is 0 Å². The van der Waals surface area contributed by atoms with Crippen molar-refractivity contribution >= 4 is 5.91 Å². The predicted octanol–water partition coefficient (Wildman–Crippen LogP) is 1.18. The highest BCUT2D eigenvalue weighted by Gasteiger charge is 2.46. The summed E-state index contributed by atoms with van der Waals surface area (Å²) < 4.78 is 5.11. The summed E-state index contributed by atoms with van der Waals surface area (Å²) in [6.45, 7) is 1.99. The number of β-amino-alcohol motifs (C(OH)–C–C–N with tert-alkyl or cyclic N) is 1. The Balaban J connectivity index is 1.96. The molecule has 1 heterocycles. The fourth-order valence-electron chi connectivity index (χ4n) is 2.95. The van der Waals surface area contributed by atoms with Gasteiger partial charge < -0.3 is 14.7 Å². The van der Waals surface area contributed by atoms with Crippen molar-refractivity contribution in [2.45, 2.75) is 44.6 Å². The van der Waals surface area contributed by atoms with Gasteiger partial charge in [0.2, 0.25) is 5.91 Å². The van der Waals surface area contributed by atoms with Crippen LogP contribution >= 0.6 is 0 Å². The van der Waals surface area contributed by atoms with Gasteiger partial charge in [0.25, 0.3) is 0 Å². The second-order valence-corrected chi connectivity index (χ2v) is 5.42. The molecule has 98 valence electrons. The van der Waals surface area contributed by atoms with Crippen molar-refractivity contribution < 1.29 is 14.6 Å². The predicted molar refractivity (Wildman–Crippen MR) is 64.6 cm³/mol. The number of hydrogen-bond acceptors (Lipinski definition) is 3. The molecular weight excluding hydrogens is 218 g/mol. The Morgan fingerprint density at radius 2 is 2.24 bits per heavy atom. The zero-order valence-electron chi connectivity index (χ0n) is 10.7. The molecule has 0 spiro atoms. The minimum atomic E-state index is -0.327. The molecule has 1 saturated heterocycles. The van der Waals surface area contributed by atoms with E-state index in [1.807, 2.05) is 4.90 Å². The number of carbonyl (C=O) groups excluding carboxylic acids is 1. The van der Waals surface area contributed by atoms with Crippen LogP contribution in [0.5, 0.6) is 0 Å². The standard InChI is InChI=1S/C13H23NO3/c1-17-9-7-13(5-3-6-13)12(16)14-8-2-4-11(15)10-14/h11,15H,2-10H2,1H3. The zero-order valence-corrected chi connectivity index (χ0v) is 10.7. The first-order valence-corrected chi connectivity index (χ1v) is 6.64. The molecule has 2 aliphatic rings. The van der Waals surface area contributed by atoms with Gasteiger partial charge >= 0.3 is 0 Å². The van der Waals surface area contributed by atoms with Crippen molar-refractivity contribution in [3.05, 3.63) is 0 Å². The summed E-state index contributed by atoms with van der Waals surface area (Å²) in [5.74, 6) is 0.250. The molecular formula is C13H23NO3. The highest BCUT2D eigenvalue weighted by Crippen LogP contribution is 2.45. The van der Waals surface area contributed by atoms with E-state index in [0.717, 1.165) is 45.1 Å². The highest BCUT2D eigenvalue weighted by atomic mass is 16.5. The van der Waals surface area contributed by atoms with Crippen molar-refractivity contribution in [2.75, 3.05) is 26.8 Å². The van der Waals surface area contributed by atoms with Crippen LogP contribution in [0, 0.1) is 5.41 Å². The minimum absolute atomic E-state index is 0.174. The number of amides is 1. The number of methoxy groups -OCH3 is 1. The van der Waals surface area contributed by atoms with Gasteiger partial charge in [0.15, 0.2) is 0 Å². The van der Waals surface area contributed by atoms with Crippen LogP contribution in [-0.2, 0) is 9.53 Å². The molecule has 4 nitrogen and oxygen atoms in total. The van der Waals surface area contributed by atoms with Gasteiger partial charge in [-0.3, -0.25) is 4.79 Å². The second kappa shape index (κ2) is 5.36. The molecule has 1 N–H and O–H groups in total. The van der Waals surface area contributed by atoms with Crippen molar-refractivity contribution in [1.82, 2.24) is 4.90 Å². The fourth-order valence-corrected chi connectivity index (χ4v) is 2.95. The van der Waals surface area contributed by atoms with Crippen molar-refractivity contribution in [3.8, 4) is 0 Å². The quantitative estimate of drug-likeness (QED) is 0.804. The maximum atomic E-state index is 12.5. The normalized spacial score (nSPS) is 27.6. The van der Waals surface area contributed by atoms with Gasteiger partial charge in [-0.1, -0.05) is 6.42 Å². The Kier molecular flexibility index (Phi) is 4.05. The number of hydrogen-bond donors (Lipinski definition) is 1. The number of aliphatic hydroxyl groups is 1. The summed E-state index contributed by atoms with van der Waals surface area (Å²) in [5, 5.41) is 9.64. The molecule has 2 rings (SSSR count). The molecule has 4 heteroatoms. The number of likely N-dealkylation sites (tertiary alicyclic amines) is 1. The van der Waals surface area contributed by atoms with Crippen molar-refractivity contribution in [2.24, 2.45) is 5.41 Å². The molecule has 1 saturated carbocycles. The van der Waals surface area contributed by atoms with E-state index in [0.29, 0.717) is 13.2 Å². The Labute approximate surface area is 103 Å². The van der Waals surface area contributed by atoms with E-state index in [2.05, 4.69) is 0 Å². The SMILES string of the molecule is COCCC1(C(=O)N2CCCC(O)C2)CCC1. The van der Waals surface area contributed by atoms with Crippen LogP contribution in [0.4, 0.5) is 0 Å². The smallest absolute Gasteiger partial charge is 0.228 e. The van der Waals surface area contributed by atoms with Crippen LogP contribution in [0.2, 0.25) is 0 Å². The lowest BCUT2D eigenvalue weighted by Crippen LogP contribution is -2.52. The topological polar surface area (TPSA) is 49.8 Å². The molecule has 2 fully saturated rings. The largest absolute Gasteiger partial charge is 0.391 e. The average molecular weight is 241 g/mol.